The molecule has 7 heteroatoms. The summed E-state index contributed by atoms with van der Waals surface area (Å²) in [5.41, 5.74) is 0.172. The van der Waals surface area contributed by atoms with Gasteiger partial charge >= 0.3 is 6.09 Å². The lowest BCUT2D eigenvalue weighted by Gasteiger charge is -2.37. The molecule has 0 saturated carbocycles. The molecule has 1 N–H and O–H groups in total. The van der Waals surface area contributed by atoms with Crippen molar-refractivity contribution in [3.8, 4) is 0 Å². The Balaban J connectivity index is 2.02. The zero-order valence-corrected chi connectivity index (χ0v) is 15.8. The number of rotatable bonds is 3. The summed E-state index contributed by atoms with van der Waals surface area (Å²) in [5, 5.41) is 11.6. The van der Waals surface area contributed by atoms with Crippen molar-refractivity contribution >= 4 is 28.0 Å². The van der Waals surface area contributed by atoms with Gasteiger partial charge in [0.2, 0.25) is 0 Å². The molecule has 1 aromatic carbocycles. The summed E-state index contributed by atoms with van der Waals surface area (Å²) in [7, 11) is 0. The van der Waals surface area contributed by atoms with Gasteiger partial charge in [-0.05, 0) is 32.9 Å². The number of carboxylic acid groups (broad SMARTS) is 1. The highest BCUT2D eigenvalue weighted by Gasteiger charge is 2.32. The maximum Gasteiger partial charge on any atom is 0.410 e. The summed E-state index contributed by atoms with van der Waals surface area (Å²) in [6.07, 6.45) is -0.352. The molecule has 0 aromatic heterocycles. The average Bonchev–Trinajstić information content (AvgIpc) is 2.48. The summed E-state index contributed by atoms with van der Waals surface area (Å²) in [6, 6.07) is 6.48. The van der Waals surface area contributed by atoms with Gasteiger partial charge in [0.15, 0.2) is 6.04 Å². The number of nitrogens with zero attached hydrogens (tertiary/aromatic N) is 1. The first-order valence-electron chi connectivity index (χ1n) is 7.96. The molecule has 24 heavy (non-hydrogen) atoms. The molecule has 132 valence electrons. The zero-order chi connectivity index (χ0) is 17.9. The third-order valence-electron chi connectivity index (χ3n) is 3.90. The van der Waals surface area contributed by atoms with E-state index < -0.39 is 17.6 Å². The predicted octanol–water partition coefficient (Wildman–Crippen LogP) is 0.376. The van der Waals surface area contributed by atoms with Gasteiger partial charge in [0, 0.05) is 10.0 Å². The standard InChI is InChI=1S/C17H23BrN2O4/c1-17(2,3)24-16(23)20-10-8-19(9-11-20)14(15(21)22)12-4-6-13(18)7-5-12/h4-7,14H,8-11H2,1-3H3,(H,21,22)/t14-/m0/s1. The minimum atomic E-state index is -1.10. The lowest BCUT2D eigenvalue weighted by atomic mass is 10.0. The van der Waals surface area contributed by atoms with Crippen LogP contribution in [0.5, 0.6) is 0 Å². The molecule has 1 aromatic rings. The number of ether oxygens (including phenoxy) is 1. The van der Waals surface area contributed by atoms with Crippen LogP contribution in [0.3, 0.4) is 0 Å². The van der Waals surface area contributed by atoms with Gasteiger partial charge in [-0.1, -0.05) is 28.1 Å². The molecular weight excluding hydrogens is 376 g/mol. The average molecular weight is 399 g/mol. The first kappa shape index (κ1) is 18.7. The number of carboxylic acids is 1. The molecule has 0 radical (unpaired) electrons. The van der Waals surface area contributed by atoms with E-state index in [1.807, 2.05) is 32.9 Å². The third-order valence-corrected chi connectivity index (χ3v) is 4.43. The van der Waals surface area contributed by atoms with Gasteiger partial charge < -0.3 is 19.5 Å². The first-order chi connectivity index (χ1) is 11.2. The molecule has 0 aliphatic carbocycles. The lowest BCUT2D eigenvalue weighted by Crippen LogP contribution is -3.16. The normalized spacial score (nSPS) is 17.4. The van der Waals surface area contributed by atoms with Crippen LogP contribution >= 0.6 is 15.9 Å². The van der Waals surface area contributed by atoms with E-state index in [2.05, 4.69) is 15.9 Å². The van der Waals surface area contributed by atoms with Crippen LogP contribution in [0.4, 0.5) is 4.79 Å². The fraction of sp³-hybridized carbons (Fsp3) is 0.529. The predicted molar refractivity (Wildman–Crippen MR) is 90.4 cm³/mol. The molecule has 1 aliphatic heterocycles. The van der Waals surface area contributed by atoms with Crippen molar-refractivity contribution in [1.29, 1.82) is 0 Å². The highest BCUT2D eigenvalue weighted by Crippen LogP contribution is 2.15. The lowest BCUT2D eigenvalue weighted by molar-refractivity contribution is -0.928. The molecule has 0 unspecified atom stereocenters. The summed E-state index contributed by atoms with van der Waals surface area (Å²) >= 11 is 3.35. The molecule has 1 fully saturated rings. The largest absolute Gasteiger partial charge is 0.544 e. The van der Waals surface area contributed by atoms with Gasteiger partial charge in [-0.15, -0.1) is 0 Å². The summed E-state index contributed by atoms with van der Waals surface area (Å²) < 4.78 is 6.26. The van der Waals surface area contributed by atoms with Gasteiger partial charge in [-0.2, -0.15) is 0 Å². The van der Waals surface area contributed by atoms with Crippen LogP contribution in [0.1, 0.15) is 32.4 Å². The van der Waals surface area contributed by atoms with Crippen LogP contribution < -0.4 is 10.0 Å². The highest BCUT2D eigenvalue weighted by molar-refractivity contribution is 9.10. The summed E-state index contributed by atoms with van der Waals surface area (Å²) in [6.45, 7) is 7.47. The monoisotopic (exact) mass is 398 g/mol. The van der Waals surface area contributed by atoms with Crippen molar-refractivity contribution in [3.63, 3.8) is 0 Å². The molecule has 1 saturated heterocycles. The number of piperazine rings is 1. The minimum Gasteiger partial charge on any atom is -0.544 e. The van der Waals surface area contributed by atoms with E-state index in [1.165, 1.54) is 0 Å². The fourth-order valence-corrected chi connectivity index (χ4v) is 3.05. The van der Waals surface area contributed by atoms with Crippen molar-refractivity contribution in [3.05, 3.63) is 34.3 Å². The molecule has 1 heterocycles. The van der Waals surface area contributed by atoms with E-state index in [0.717, 1.165) is 9.37 Å². The second-order valence-corrected chi connectivity index (χ2v) is 7.84. The Bertz CT molecular complexity index is 590. The molecule has 1 atom stereocenters. The fourth-order valence-electron chi connectivity index (χ4n) is 2.79. The second kappa shape index (κ2) is 7.53. The maximum absolute atomic E-state index is 12.1. The number of aliphatic carboxylic acids is 1. The number of carbonyl (C=O) groups is 2. The van der Waals surface area contributed by atoms with Crippen LogP contribution in [0.15, 0.2) is 28.7 Å². The smallest absolute Gasteiger partial charge is 0.410 e. The molecule has 2 rings (SSSR count). The first-order valence-corrected chi connectivity index (χ1v) is 8.75. The second-order valence-electron chi connectivity index (χ2n) is 6.93. The van der Waals surface area contributed by atoms with Crippen LogP contribution in [-0.2, 0) is 9.53 Å². The van der Waals surface area contributed by atoms with Gasteiger partial charge in [0.1, 0.15) is 11.6 Å². The van der Waals surface area contributed by atoms with Crippen LogP contribution in [0.25, 0.3) is 0 Å². The van der Waals surface area contributed by atoms with Crippen molar-refractivity contribution < 1.29 is 24.3 Å². The Morgan fingerprint density at radius 3 is 2.21 bits per heavy atom. The van der Waals surface area contributed by atoms with Crippen molar-refractivity contribution in [1.82, 2.24) is 4.90 Å². The number of amides is 1. The van der Waals surface area contributed by atoms with Crippen molar-refractivity contribution in [2.45, 2.75) is 32.4 Å². The van der Waals surface area contributed by atoms with Crippen molar-refractivity contribution in [2.24, 2.45) is 0 Å². The van der Waals surface area contributed by atoms with E-state index in [-0.39, 0.29) is 6.09 Å². The van der Waals surface area contributed by atoms with Crippen LogP contribution in [-0.4, -0.2) is 48.7 Å². The van der Waals surface area contributed by atoms with E-state index in [0.29, 0.717) is 31.7 Å². The molecule has 6 nitrogen and oxygen atoms in total. The number of nitrogens with one attached hydrogen (secondary N) is 1. The van der Waals surface area contributed by atoms with E-state index in [4.69, 9.17) is 4.74 Å². The number of hydrogen-bond acceptors (Lipinski definition) is 4. The number of carbonyl (C=O) groups excluding carboxylic acids is 2. The van der Waals surface area contributed by atoms with Crippen LogP contribution in [0.2, 0.25) is 0 Å². The number of benzene rings is 1. The topological polar surface area (TPSA) is 74.1 Å². The molecule has 0 bridgehead atoms. The number of quaternary nitrogens is 1. The molecular formula is C17H23BrN2O4. The van der Waals surface area contributed by atoms with Crippen molar-refractivity contribution in [2.75, 3.05) is 26.2 Å². The summed E-state index contributed by atoms with van der Waals surface area (Å²) in [4.78, 5) is 26.2. The minimum absolute atomic E-state index is 0.352. The third kappa shape index (κ3) is 4.95. The summed E-state index contributed by atoms with van der Waals surface area (Å²) in [5.74, 6) is -1.10. The Hall–Kier alpha value is -1.60. The maximum atomic E-state index is 12.1. The van der Waals surface area contributed by atoms with E-state index in [9.17, 15) is 14.7 Å². The van der Waals surface area contributed by atoms with Crippen LogP contribution in [0, 0.1) is 0 Å². The Morgan fingerprint density at radius 2 is 1.75 bits per heavy atom. The van der Waals surface area contributed by atoms with Gasteiger partial charge in [-0.3, -0.25) is 4.90 Å². The molecule has 1 amide bonds. The Morgan fingerprint density at radius 1 is 1.21 bits per heavy atom. The van der Waals surface area contributed by atoms with Gasteiger partial charge in [0.25, 0.3) is 0 Å². The SMILES string of the molecule is CC(C)(C)OC(=O)N1CC[NH+]([C@H](C(=O)[O-])c2ccc(Br)cc2)CC1. The van der Waals surface area contributed by atoms with Gasteiger partial charge in [-0.25, -0.2) is 4.79 Å². The Kier molecular flexibility index (Phi) is 5.87. The van der Waals surface area contributed by atoms with E-state index in [1.54, 1.807) is 17.0 Å². The number of halogens is 1. The van der Waals surface area contributed by atoms with E-state index >= 15 is 0 Å². The molecule has 1 aliphatic rings. The highest BCUT2D eigenvalue weighted by atomic mass is 79.9. The zero-order valence-electron chi connectivity index (χ0n) is 14.2. The van der Waals surface area contributed by atoms with Gasteiger partial charge in [0.05, 0.1) is 26.2 Å². The quantitative estimate of drug-likeness (QED) is 0.798. The number of hydrogen-bond donors (Lipinski definition) is 1. The molecule has 0 spiro atoms. The Labute approximate surface area is 150 Å².